The first kappa shape index (κ1) is 17.2. The summed E-state index contributed by atoms with van der Waals surface area (Å²) < 4.78 is 0. The molecule has 1 saturated carbocycles. The maximum atomic E-state index is 9.06. The average Bonchev–Trinajstić information content (AvgIpc) is 2.58. The Hall–Kier alpha value is -0.630. The molecule has 0 radical (unpaired) electrons. The molecule has 2 aliphatic heterocycles. The lowest BCUT2D eigenvalue weighted by molar-refractivity contribution is 0.0416. The Morgan fingerprint density at radius 2 is 1.83 bits per heavy atom. The van der Waals surface area contributed by atoms with Gasteiger partial charge in [-0.05, 0) is 64.5 Å². The normalized spacial score (nSPS) is 33.2. The van der Waals surface area contributed by atoms with Crippen molar-refractivity contribution in [2.45, 2.75) is 82.3 Å². The van der Waals surface area contributed by atoms with Crippen LogP contribution in [0.1, 0.15) is 64.7 Å². The Kier molecular flexibility index (Phi) is 5.96. The summed E-state index contributed by atoms with van der Waals surface area (Å²) >= 11 is 0. The van der Waals surface area contributed by atoms with Gasteiger partial charge in [0, 0.05) is 37.1 Å². The molecule has 0 aromatic carbocycles. The van der Waals surface area contributed by atoms with Gasteiger partial charge in [0.15, 0.2) is 0 Å². The first-order chi connectivity index (χ1) is 11.2. The molecule has 2 saturated heterocycles. The quantitative estimate of drug-likeness (QED) is 0.837. The zero-order valence-corrected chi connectivity index (χ0v) is 14.8. The second-order valence-corrected chi connectivity index (χ2v) is 8.19. The van der Waals surface area contributed by atoms with Crippen LogP contribution >= 0.6 is 0 Å². The van der Waals surface area contributed by atoms with Crippen LogP contribution in [-0.2, 0) is 0 Å². The van der Waals surface area contributed by atoms with Gasteiger partial charge in [-0.1, -0.05) is 12.8 Å². The Labute approximate surface area is 142 Å². The summed E-state index contributed by atoms with van der Waals surface area (Å²) in [6.07, 6.45) is 11.0. The number of rotatable bonds is 4. The van der Waals surface area contributed by atoms with Gasteiger partial charge in [0.25, 0.3) is 0 Å². The third-order valence-electron chi connectivity index (χ3n) is 6.65. The van der Waals surface area contributed by atoms with Gasteiger partial charge in [-0.3, -0.25) is 4.90 Å². The Morgan fingerprint density at radius 3 is 2.52 bits per heavy atom. The maximum Gasteiger partial charge on any atom is 0.0625 e. The minimum absolute atomic E-state index is 0.421. The molecular weight excluding hydrogens is 284 g/mol. The number of nitriles is 1. The van der Waals surface area contributed by atoms with E-state index >= 15 is 0 Å². The molecule has 0 bridgehead atoms. The molecule has 130 valence electrons. The fourth-order valence-electron chi connectivity index (χ4n) is 4.96. The second kappa shape index (κ2) is 7.96. The number of nitrogens with zero attached hydrogens (tertiary/aromatic N) is 2. The summed E-state index contributed by atoms with van der Waals surface area (Å²) in [4.78, 5) is 2.75. The minimum Gasteiger partial charge on any atom is -0.317 e. The van der Waals surface area contributed by atoms with Crippen molar-refractivity contribution in [2.75, 3.05) is 26.2 Å². The molecule has 2 N–H and O–H groups in total. The highest BCUT2D eigenvalue weighted by Crippen LogP contribution is 2.31. The Bertz CT molecular complexity index is 402. The standard InChI is InChI=1S/C19H34N4/c1-19(9-12-21-13-10-19)23-14-7-17(8-15-23)22-18-5-3-2-4-16(18)6-11-20/h16-18,21-22H,2-10,12-15H2,1H3/t16-,18+/m1/s1. The van der Waals surface area contributed by atoms with E-state index in [4.69, 9.17) is 5.26 Å². The van der Waals surface area contributed by atoms with Crippen LogP contribution in [0.15, 0.2) is 0 Å². The number of hydrogen-bond acceptors (Lipinski definition) is 4. The number of hydrogen-bond donors (Lipinski definition) is 2. The van der Waals surface area contributed by atoms with Gasteiger partial charge in [-0.15, -0.1) is 0 Å². The van der Waals surface area contributed by atoms with Crippen LogP contribution in [0.4, 0.5) is 0 Å². The van der Waals surface area contributed by atoms with E-state index in [0.29, 0.717) is 23.5 Å². The van der Waals surface area contributed by atoms with Gasteiger partial charge >= 0.3 is 0 Å². The lowest BCUT2D eigenvalue weighted by Gasteiger charge is -2.48. The molecule has 0 amide bonds. The van der Waals surface area contributed by atoms with Crippen molar-refractivity contribution >= 4 is 0 Å². The molecular formula is C19H34N4. The van der Waals surface area contributed by atoms with E-state index in [-0.39, 0.29) is 0 Å². The summed E-state index contributed by atoms with van der Waals surface area (Å²) in [5, 5.41) is 16.5. The van der Waals surface area contributed by atoms with Crippen molar-refractivity contribution in [1.82, 2.24) is 15.5 Å². The smallest absolute Gasteiger partial charge is 0.0625 e. The molecule has 4 heteroatoms. The van der Waals surface area contributed by atoms with Crippen LogP contribution in [0.5, 0.6) is 0 Å². The van der Waals surface area contributed by atoms with Crippen LogP contribution < -0.4 is 10.6 Å². The van der Waals surface area contributed by atoms with E-state index in [0.717, 1.165) is 6.42 Å². The fraction of sp³-hybridized carbons (Fsp3) is 0.947. The monoisotopic (exact) mass is 318 g/mol. The van der Waals surface area contributed by atoms with E-state index in [1.807, 2.05) is 0 Å². The van der Waals surface area contributed by atoms with Crippen molar-refractivity contribution < 1.29 is 0 Å². The molecule has 0 aromatic heterocycles. The molecule has 0 unspecified atom stereocenters. The van der Waals surface area contributed by atoms with E-state index in [1.54, 1.807) is 0 Å². The predicted octanol–water partition coefficient (Wildman–Crippen LogP) is 2.65. The van der Waals surface area contributed by atoms with Crippen LogP contribution in [0.3, 0.4) is 0 Å². The molecule has 3 fully saturated rings. The fourth-order valence-corrected chi connectivity index (χ4v) is 4.96. The van der Waals surface area contributed by atoms with Crippen molar-refractivity contribution in [3.8, 4) is 6.07 Å². The molecule has 3 rings (SSSR count). The van der Waals surface area contributed by atoms with Crippen LogP contribution in [-0.4, -0.2) is 48.7 Å². The Balaban J connectivity index is 1.48. The third kappa shape index (κ3) is 4.26. The topological polar surface area (TPSA) is 51.1 Å². The summed E-state index contributed by atoms with van der Waals surface area (Å²) in [7, 11) is 0. The third-order valence-corrected chi connectivity index (χ3v) is 6.65. The van der Waals surface area contributed by atoms with Gasteiger partial charge in [0.05, 0.1) is 6.07 Å². The molecule has 4 nitrogen and oxygen atoms in total. The second-order valence-electron chi connectivity index (χ2n) is 8.19. The highest BCUT2D eigenvalue weighted by Gasteiger charge is 2.36. The summed E-state index contributed by atoms with van der Waals surface area (Å²) in [6.45, 7) is 7.29. The van der Waals surface area contributed by atoms with Crippen molar-refractivity contribution in [1.29, 1.82) is 5.26 Å². The lowest BCUT2D eigenvalue weighted by atomic mass is 9.81. The minimum atomic E-state index is 0.421. The molecule has 3 aliphatic rings. The molecule has 2 atom stereocenters. The van der Waals surface area contributed by atoms with Crippen molar-refractivity contribution in [3.05, 3.63) is 0 Å². The summed E-state index contributed by atoms with van der Waals surface area (Å²) in [5.74, 6) is 0.591. The number of piperidine rings is 2. The lowest BCUT2D eigenvalue weighted by Crippen LogP contribution is -2.57. The maximum absolute atomic E-state index is 9.06. The van der Waals surface area contributed by atoms with E-state index in [2.05, 4.69) is 28.5 Å². The molecule has 1 aliphatic carbocycles. The van der Waals surface area contributed by atoms with Crippen LogP contribution in [0, 0.1) is 17.2 Å². The van der Waals surface area contributed by atoms with E-state index in [9.17, 15) is 0 Å². The van der Waals surface area contributed by atoms with Gasteiger partial charge in [0.2, 0.25) is 0 Å². The van der Waals surface area contributed by atoms with Gasteiger partial charge in [-0.25, -0.2) is 0 Å². The molecule has 0 spiro atoms. The van der Waals surface area contributed by atoms with Crippen LogP contribution in [0.2, 0.25) is 0 Å². The summed E-state index contributed by atoms with van der Waals surface area (Å²) in [6, 6.07) is 3.67. The molecule has 23 heavy (non-hydrogen) atoms. The summed E-state index contributed by atoms with van der Waals surface area (Å²) in [5.41, 5.74) is 0.421. The van der Waals surface area contributed by atoms with Gasteiger partial charge in [-0.2, -0.15) is 5.26 Å². The van der Waals surface area contributed by atoms with Crippen molar-refractivity contribution in [3.63, 3.8) is 0 Å². The highest BCUT2D eigenvalue weighted by atomic mass is 15.2. The van der Waals surface area contributed by atoms with E-state index in [1.165, 1.54) is 77.5 Å². The number of likely N-dealkylation sites (tertiary alicyclic amines) is 1. The number of nitrogens with one attached hydrogen (secondary N) is 2. The van der Waals surface area contributed by atoms with Gasteiger partial charge < -0.3 is 10.6 Å². The highest BCUT2D eigenvalue weighted by molar-refractivity contribution is 4.95. The van der Waals surface area contributed by atoms with Gasteiger partial charge in [0.1, 0.15) is 0 Å². The molecule has 2 heterocycles. The predicted molar refractivity (Wildman–Crippen MR) is 94.2 cm³/mol. The SMILES string of the molecule is CC1(N2CCC(N[C@H]3CCCC[C@@H]3CC#N)CC2)CCNCC1. The zero-order chi connectivity index (χ0) is 16.1. The zero-order valence-electron chi connectivity index (χ0n) is 14.8. The molecule has 0 aromatic rings. The van der Waals surface area contributed by atoms with Crippen LogP contribution in [0.25, 0.3) is 0 Å². The first-order valence-electron chi connectivity index (χ1n) is 9.80. The first-order valence-corrected chi connectivity index (χ1v) is 9.80. The largest absolute Gasteiger partial charge is 0.317 e. The van der Waals surface area contributed by atoms with E-state index < -0.39 is 0 Å². The average molecular weight is 319 g/mol. The van der Waals surface area contributed by atoms with Crippen molar-refractivity contribution in [2.24, 2.45) is 5.92 Å². The Morgan fingerprint density at radius 1 is 1.13 bits per heavy atom.